The van der Waals surface area contributed by atoms with Gasteiger partial charge in [0.05, 0.1) is 80.7 Å². The van der Waals surface area contributed by atoms with Gasteiger partial charge in [0.15, 0.2) is 5.69 Å². The molecule has 0 saturated carbocycles. The minimum absolute atomic E-state index is 0.0890. The first-order valence-corrected chi connectivity index (χ1v) is 13.2. The van der Waals surface area contributed by atoms with Crippen LogP contribution in [0.3, 0.4) is 0 Å². The van der Waals surface area contributed by atoms with Crippen LogP contribution in [0, 0.1) is 91.0 Å². The van der Waals surface area contributed by atoms with Gasteiger partial charge in [-0.3, -0.25) is 95.9 Å². The summed E-state index contributed by atoms with van der Waals surface area (Å²) < 4.78 is 0. The molecule has 4 rings (SSSR count). The third-order valence-electron chi connectivity index (χ3n) is 6.65. The zero-order valence-corrected chi connectivity index (χ0v) is 25.3. The van der Waals surface area contributed by atoms with Crippen molar-refractivity contribution >= 4 is 85.8 Å². The molecule has 0 atom stereocenters. The molecule has 1 heterocycles. The first kappa shape index (κ1) is 37.6. The smallest absolute Gasteiger partial charge is 0.307 e. The van der Waals surface area contributed by atoms with E-state index in [1.165, 1.54) is 0 Å². The number of hydrogen-bond acceptors (Lipinski definition) is 23. The van der Waals surface area contributed by atoms with Crippen molar-refractivity contribution in [2.24, 2.45) is 0 Å². The summed E-state index contributed by atoms with van der Waals surface area (Å²) in [7, 11) is 0. The van der Waals surface area contributed by atoms with Crippen LogP contribution in [0.25, 0.3) is 0 Å². The van der Waals surface area contributed by atoms with Gasteiger partial charge in [-0.2, -0.15) is 9.97 Å². The number of nitro benzene ring substituents is 9. The Morgan fingerprint density at radius 1 is 0.444 bits per heavy atom. The predicted molar refractivity (Wildman–Crippen MR) is 171 cm³/mol. The van der Waals surface area contributed by atoms with Gasteiger partial charge in [0.2, 0.25) is 17.3 Å². The number of hydrogen-bond donors (Lipinski definition) is 2. The van der Waals surface area contributed by atoms with Crippen molar-refractivity contribution in [3.63, 3.8) is 0 Å². The van der Waals surface area contributed by atoms with Crippen molar-refractivity contribution in [2.45, 2.75) is 0 Å². The molecule has 32 heteroatoms. The third kappa shape index (κ3) is 7.05. The lowest BCUT2D eigenvalue weighted by molar-refractivity contribution is -0.402. The fourth-order valence-corrected chi connectivity index (χ4v) is 4.60. The van der Waals surface area contributed by atoms with Gasteiger partial charge in [-0.1, -0.05) is 0 Å². The molecule has 3 aromatic carbocycles. The average Bonchev–Trinajstić information content (AvgIpc) is 3.07. The van der Waals surface area contributed by atoms with Crippen LogP contribution < -0.4 is 16.0 Å². The van der Waals surface area contributed by atoms with Gasteiger partial charge in [0.25, 0.3) is 17.1 Å². The summed E-state index contributed by atoms with van der Waals surface area (Å²) in [6.07, 6.45) is 0. The second kappa shape index (κ2) is 13.9. The molecule has 0 fully saturated rings. The first-order valence-electron chi connectivity index (χ1n) is 13.2. The van der Waals surface area contributed by atoms with Crippen LogP contribution >= 0.6 is 0 Å². The van der Waals surface area contributed by atoms with E-state index in [9.17, 15) is 91.0 Å². The Kier molecular flexibility index (Phi) is 9.69. The highest BCUT2D eigenvalue weighted by molar-refractivity contribution is 5.95. The molecule has 0 radical (unpaired) electrons. The number of anilines is 6. The topological polar surface area (TPSA) is 455 Å². The van der Waals surface area contributed by atoms with Crippen LogP contribution in [0.1, 0.15) is 0 Å². The molecule has 0 aliphatic rings. The maximum absolute atomic E-state index is 12.3. The Labute approximate surface area is 290 Å². The highest BCUT2D eigenvalue weighted by atomic mass is 16.7. The van der Waals surface area contributed by atoms with Crippen molar-refractivity contribution in [3.05, 3.63) is 133 Å². The molecule has 0 saturated heterocycles. The van der Waals surface area contributed by atoms with Crippen molar-refractivity contribution in [1.29, 1.82) is 0 Å². The molecule has 4 aromatic rings. The number of nitrogen functional groups attached to an aromatic ring is 1. The van der Waals surface area contributed by atoms with Gasteiger partial charge in [0.1, 0.15) is 11.6 Å². The lowest BCUT2D eigenvalue weighted by Gasteiger charge is -2.23. The van der Waals surface area contributed by atoms with Crippen LogP contribution in [-0.2, 0) is 0 Å². The van der Waals surface area contributed by atoms with Gasteiger partial charge >= 0.3 is 34.1 Å². The fourth-order valence-electron chi connectivity index (χ4n) is 4.60. The largest absolute Gasteiger partial charge is 0.383 e. The summed E-state index contributed by atoms with van der Waals surface area (Å²) in [5.41, 5.74) is -11.7. The molecular weight excluding hydrogens is 748 g/mol. The second-order valence-electron chi connectivity index (χ2n) is 9.77. The van der Waals surface area contributed by atoms with E-state index in [4.69, 9.17) is 5.73 Å². The normalized spacial score (nSPS) is 10.5. The Morgan fingerprint density at radius 3 is 1.02 bits per heavy atom. The van der Waals surface area contributed by atoms with Gasteiger partial charge in [0, 0.05) is 6.07 Å². The van der Waals surface area contributed by atoms with Crippen molar-refractivity contribution in [1.82, 2.24) is 9.97 Å². The maximum atomic E-state index is 12.3. The quantitative estimate of drug-likeness (QED) is 0.132. The van der Waals surface area contributed by atoms with Crippen LogP contribution in [0.4, 0.5) is 85.8 Å². The highest BCUT2D eigenvalue weighted by Crippen LogP contribution is 2.53. The molecule has 0 spiro atoms. The number of aromatic nitrogens is 2. The van der Waals surface area contributed by atoms with E-state index in [-0.39, 0.29) is 41.3 Å². The minimum atomic E-state index is -1.66. The molecule has 276 valence electrons. The molecule has 1 aromatic heterocycles. The Balaban J connectivity index is 2.25. The second-order valence-corrected chi connectivity index (χ2v) is 9.77. The summed E-state index contributed by atoms with van der Waals surface area (Å²) in [6.45, 7) is 0. The van der Waals surface area contributed by atoms with Gasteiger partial charge in [-0.15, -0.1) is 0 Å². The number of nitrogens with zero attached hydrogens (tertiary/aromatic N) is 12. The number of rotatable bonds is 14. The summed E-state index contributed by atoms with van der Waals surface area (Å²) in [4.78, 5) is 102. The van der Waals surface area contributed by atoms with Crippen LogP contribution in [0.2, 0.25) is 0 Å². The Morgan fingerprint density at radius 2 is 0.741 bits per heavy atom. The molecule has 54 heavy (non-hydrogen) atoms. The standard InChI is InChI=1S/C22H10N14O18/c23-17-7-18(25-22(24-17)26-19-11(31(43)44)1-8(28(37)38)2-12(19)32(45)46)27(20-13(33(47)48)3-9(29(39)40)4-14(20)34(49)50)21-15(35(51)52)5-10(30(41)42)6-16(21)36(53)54/h1-7H,(H3,23,24,25,26). The lowest BCUT2D eigenvalue weighted by Crippen LogP contribution is -2.19. The number of non-ortho nitro benzene ring substituents is 3. The molecule has 0 aliphatic heterocycles. The maximum Gasteiger partial charge on any atom is 0.307 e. The molecule has 3 N–H and O–H groups in total. The van der Waals surface area contributed by atoms with Crippen LogP contribution in [0.15, 0.2) is 42.5 Å². The van der Waals surface area contributed by atoms with Crippen molar-refractivity contribution in [3.8, 4) is 0 Å². The van der Waals surface area contributed by atoms with Crippen molar-refractivity contribution < 1.29 is 44.3 Å². The molecule has 0 bridgehead atoms. The van der Waals surface area contributed by atoms with E-state index >= 15 is 0 Å². The highest BCUT2D eigenvalue weighted by Gasteiger charge is 2.44. The number of nitrogens with two attached hydrogens (primary N) is 1. The summed E-state index contributed by atoms with van der Waals surface area (Å²) in [5.74, 6) is -3.29. The number of benzene rings is 3. The van der Waals surface area contributed by atoms with E-state index in [0.717, 1.165) is 0 Å². The Hall–Kier alpha value is -9.26. The first-order chi connectivity index (χ1) is 25.1. The van der Waals surface area contributed by atoms with Crippen molar-refractivity contribution in [2.75, 3.05) is 16.0 Å². The summed E-state index contributed by atoms with van der Waals surface area (Å²) >= 11 is 0. The summed E-state index contributed by atoms with van der Waals surface area (Å²) in [5, 5.41) is 109. The van der Waals surface area contributed by atoms with Gasteiger partial charge < -0.3 is 11.1 Å². The van der Waals surface area contributed by atoms with E-state index in [0.29, 0.717) is 6.07 Å². The number of nitrogens with one attached hydrogen (secondary N) is 1. The molecule has 32 nitrogen and oxygen atoms in total. The minimum Gasteiger partial charge on any atom is -0.383 e. The van der Waals surface area contributed by atoms with Gasteiger partial charge in [-0.05, 0) is 0 Å². The van der Waals surface area contributed by atoms with Crippen LogP contribution in [0.5, 0.6) is 0 Å². The van der Waals surface area contributed by atoms with Crippen LogP contribution in [-0.4, -0.2) is 54.3 Å². The molecule has 0 amide bonds. The van der Waals surface area contributed by atoms with E-state index in [1.807, 2.05) is 5.32 Å². The fraction of sp³-hybridized carbons (Fsp3) is 0. The predicted octanol–water partition coefficient (Wildman–Crippen LogP) is 4.45. The van der Waals surface area contributed by atoms with E-state index in [2.05, 4.69) is 9.97 Å². The van der Waals surface area contributed by atoms with E-state index in [1.54, 1.807) is 0 Å². The molecule has 0 aliphatic carbocycles. The SMILES string of the molecule is Nc1cc(N(c2c([N+](=O)[O-])cc([N+](=O)[O-])cc2[N+](=O)[O-])c2c([N+](=O)[O-])cc([N+](=O)[O-])cc2[N+](=O)[O-])nc(Nc2c([N+](=O)[O-])cc([N+](=O)[O-])cc2[N+](=O)[O-])n1. The zero-order valence-electron chi connectivity index (χ0n) is 25.3. The lowest BCUT2D eigenvalue weighted by atomic mass is 10.1. The Bertz CT molecular complexity index is 2220. The zero-order chi connectivity index (χ0) is 40.5. The monoisotopic (exact) mass is 758 g/mol. The van der Waals surface area contributed by atoms with E-state index < -0.39 is 130 Å². The molecule has 0 unspecified atom stereocenters. The number of nitro groups is 9. The van der Waals surface area contributed by atoms with Gasteiger partial charge in [-0.25, -0.2) is 0 Å². The average molecular weight is 758 g/mol. The summed E-state index contributed by atoms with van der Waals surface area (Å²) in [6, 6.07) is 1.33. The molecular formula is C22H10N14O18. The third-order valence-corrected chi connectivity index (χ3v) is 6.65.